The van der Waals surface area contributed by atoms with Crippen molar-refractivity contribution >= 4 is 11.8 Å². The van der Waals surface area contributed by atoms with E-state index in [1.807, 2.05) is 38.1 Å². The highest BCUT2D eigenvalue weighted by Crippen LogP contribution is 2.41. The van der Waals surface area contributed by atoms with Crippen molar-refractivity contribution in [2.24, 2.45) is 0 Å². The van der Waals surface area contributed by atoms with E-state index in [1.165, 1.54) is 12.1 Å². The molecule has 2 aliphatic rings. The SMILES string of the molecule is CCOc1cc(CN2CCC3(CC2)CN(c2cccc(OC)c2)C(=O)O3)cc(OCC)c1-c1ccc(F)cc1. The Balaban J connectivity index is 1.30. The molecule has 3 aromatic rings. The van der Waals surface area contributed by atoms with E-state index in [-0.39, 0.29) is 11.9 Å². The number of carbonyl (C=O) groups excluding carboxylic acids is 1. The van der Waals surface area contributed by atoms with Gasteiger partial charge in [0.05, 0.1) is 38.1 Å². The van der Waals surface area contributed by atoms with Crippen LogP contribution < -0.4 is 19.1 Å². The van der Waals surface area contributed by atoms with Gasteiger partial charge >= 0.3 is 6.09 Å². The summed E-state index contributed by atoms with van der Waals surface area (Å²) in [4.78, 5) is 16.9. The van der Waals surface area contributed by atoms with Gasteiger partial charge in [0, 0.05) is 38.5 Å². The van der Waals surface area contributed by atoms with Gasteiger partial charge in [0.15, 0.2) is 0 Å². The zero-order chi connectivity index (χ0) is 27.4. The molecular formula is C31H35FN2O5. The maximum absolute atomic E-state index is 13.6. The Morgan fingerprint density at radius 1 is 0.949 bits per heavy atom. The fourth-order valence-corrected chi connectivity index (χ4v) is 5.41. The molecule has 0 radical (unpaired) electrons. The first-order valence-electron chi connectivity index (χ1n) is 13.5. The molecule has 0 aromatic heterocycles. The molecule has 2 heterocycles. The molecule has 8 heteroatoms. The summed E-state index contributed by atoms with van der Waals surface area (Å²) in [5.41, 5.74) is 3.04. The average molecular weight is 535 g/mol. The van der Waals surface area contributed by atoms with Gasteiger partial charge in [0.25, 0.3) is 0 Å². The van der Waals surface area contributed by atoms with Crippen molar-refractivity contribution in [3.63, 3.8) is 0 Å². The number of carbonyl (C=O) groups is 1. The quantitative estimate of drug-likeness (QED) is 0.322. The van der Waals surface area contributed by atoms with Gasteiger partial charge in [0.2, 0.25) is 0 Å². The van der Waals surface area contributed by atoms with E-state index in [9.17, 15) is 9.18 Å². The third kappa shape index (κ3) is 5.81. The van der Waals surface area contributed by atoms with Crippen LogP contribution in [0.5, 0.6) is 17.2 Å². The zero-order valence-corrected chi connectivity index (χ0v) is 22.7. The molecule has 3 aromatic carbocycles. The molecule has 2 aliphatic heterocycles. The van der Waals surface area contributed by atoms with Crippen LogP contribution in [0, 0.1) is 5.82 Å². The highest BCUT2D eigenvalue weighted by molar-refractivity contribution is 5.90. The lowest BCUT2D eigenvalue weighted by Crippen LogP contribution is -2.46. The summed E-state index contributed by atoms with van der Waals surface area (Å²) in [6.45, 7) is 7.75. The predicted molar refractivity (Wildman–Crippen MR) is 148 cm³/mol. The average Bonchev–Trinajstić information content (AvgIpc) is 3.26. The smallest absolute Gasteiger partial charge is 0.415 e. The summed E-state index contributed by atoms with van der Waals surface area (Å²) >= 11 is 0. The van der Waals surface area contributed by atoms with Gasteiger partial charge in [-0.2, -0.15) is 0 Å². The molecule has 0 saturated carbocycles. The summed E-state index contributed by atoms with van der Waals surface area (Å²) in [6, 6.07) is 18.0. The number of hydrogen-bond acceptors (Lipinski definition) is 6. The molecule has 39 heavy (non-hydrogen) atoms. The van der Waals surface area contributed by atoms with Crippen LogP contribution in [0.1, 0.15) is 32.3 Å². The molecule has 1 amide bonds. The topological polar surface area (TPSA) is 60.5 Å². The van der Waals surface area contributed by atoms with Crippen molar-refractivity contribution in [1.29, 1.82) is 0 Å². The minimum Gasteiger partial charge on any atom is -0.497 e. The first kappa shape index (κ1) is 26.8. The Morgan fingerprint density at radius 3 is 2.23 bits per heavy atom. The number of hydrogen-bond donors (Lipinski definition) is 0. The minimum atomic E-state index is -0.490. The van der Waals surface area contributed by atoms with Crippen molar-refractivity contribution in [2.45, 2.75) is 38.8 Å². The Kier molecular flexibility index (Phi) is 7.93. The van der Waals surface area contributed by atoms with Crippen LogP contribution >= 0.6 is 0 Å². The second-order valence-electron chi connectivity index (χ2n) is 9.95. The fourth-order valence-electron chi connectivity index (χ4n) is 5.41. The monoisotopic (exact) mass is 534 g/mol. The van der Waals surface area contributed by atoms with Gasteiger partial charge in [0.1, 0.15) is 28.7 Å². The van der Waals surface area contributed by atoms with Crippen LogP contribution in [0.4, 0.5) is 14.9 Å². The van der Waals surface area contributed by atoms with Gasteiger partial charge in [-0.25, -0.2) is 9.18 Å². The molecule has 0 N–H and O–H groups in total. The van der Waals surface area contributed by atoms with E-state index >= 15 is 0 Å². The Labute approximate surface area is 229 Å². The van der Waals surface area contributed by atoms with E-state index < -0.39 is 5.60 Å². The van der Waals surface area contributed by atoms with Gasteiger partial charge in [-0.1, -0.05) is 18.2 Å². The number of piperidine rings is 1. The highest BCUT2D eigenvalue weighted by Gasteiger charge is 2.47. The van der Waals surface area contributed by atoms with Crippen molar-refractivity contribution in [2.75, 3.05) is 44.9 Å². The van der Waals surface area contributed by atoms with Crippen LogP contribution in [0.15, 0.2) is 60.7 Å². The summed E-state index contributed by atoms with van der Waals surface area (Å²) in [5.74, 6) is 1.86. The summed E-state index contributed by atoms with van der Waals surface area (Å²) < 4.78 is 36.9. The van der Waals surface area contributed by atoms with Crippen molar-refractivity contribution < 1.29 is 28.1 Å². The lowest BCUT2D eigenvalue weighted by atomic mass is 9.91. The summed E-state index contributed by atoms with van der Waals surface area (Å²) in [6.07, 6.45) is 1.20. The fraction of sp³-hybridized carbons (Fsp3) is 0.387. The van der Waals surface area contributed by atoms with E-state index in [0.29, 0.717) is 32.1 Å². The Bertz CT molecular complexity index is 1280. The molecule has 1 spiro atoms. The molecule has 0 bridgehead atoms. The van der Waals surface area contributed by atoms with E-state index in [2.05, 4.69) is 17.0 Å². The first-order chi connectivity index (χ1) is 18.9. The van der Waals surface area contributed by atoms with Crippen LogP contribution in [-0.4, -0.2) is 56.6 Å². The number of methoxy groups -OCH3 is 1. The molecule has 7 nitrogen and oxygen atoms in total. The third-order valence-corrected chi connectivity index (χ3v) is 7.37. The van der Waals surface area contributed by atoms with Gasteiger partial charge in [-0.05, 0) is 61.4 Å². The van der Waals surface area contributed by atoms with Crippen LogP contribution in [0.25, 0.3) is 11.1 Å². The summed E-state index contributed by atoms with van der Waals surface area (Å²) in [7, 11) is 1.61. The predicted octanol–water partition coefficient (Wildman–Crippen LogP) is 6.29. The maximum Gasteiger partial charge on any atom is 0.415 e. The molecule has 2 fully saturated rings. The van der Waals surface area contributed by atoms with E-state index in [4.69, 9.17) is 18.9 Å². The lowest BCUT2D eigenvalue weighted by Gasteiger charge is -2.37. The van der Waals surface area contributed by atoms with Crippen LogP contribution in [-0.2, 0) is 11.3 Å². The normalized spacial score (nSPS) is 16.8. The number of halogens is 1. The Morgan fingerprint density at radius 2 is 1.62 bits per heavy atom. The summed E-state index contributed by atoms with van der Waals surface area (Å²) in [5, 5.41) is 0. The maximum atomic E-state index is 13.6. The minimum absolute atomic E-state index is 0.284. The van der Waals surface area contributed by atoms with Crippen LogP contribution in [0.2, 0.25) is 0 Å². The zero-order valence-electron chi connectivity index (χ0n) is 22.7. The molecule has 0 atom stereocenters. The number of likely N-dealkylation sites (tertiary alicyclic amines) is 1. The molecule has 0 aliphatic carbocycles. The third-order valence-electron chi connectivity index (χ3n) is 7.37. The van der Waals surface area contributed by atoms with E-state index in [0.717, 1.165) is 59.8 Å². The molecular weight excluding hydrogens is 499 g/mol. The second kappa shape index (κ2) is 11.5. The number of ether oxygens (including phenoxy) is 4. The van der Waals surface area contributed by atoms with Gasteiger partial charge in [-0.3, -0.25) is 9.80 Å². The number of anilines is 1. The molecule has 5 rings (SSSR count). The lowest BCUT2D eigenvalue weighted by molar-refractivity contribution is -0.00100. The first-order valence-corrected chi connectivity index (χ1v) is 13.5. The Hall–Kier alpha value is -3.78. The van der Waals surface area contributed by atoms with Gasteiger partial charge in [-0.15, -0.1) is 0 Å². The second-order valence-corrected chi connectivity index (χ2v) is 9.95. The molecule has 206 valence electrons. The standard InChI is InChI=1S/C31H35FN2O5/c1-4-37-27-17-22(18-28(38-5-2)29(27)23-9-11-24(32)12-10-23)20-33-15-13-31(14-16-33)21-34(30(35)39-31)25-7-6-8-26(19-25)36-3/h6-12,17-19H,4-5,13-16,20-21H2,1-3H3. The van der Waals surface area contributed by atoms with Crippen molar-refractivity contribution in [1.82, 2.24) is 4.90 Å². The van der Waals surface area contributed by atoms with Gasteiger partial charge < -0.3 is 18.9 Å². The highest BCUT2D eigenvalue weighted by atomic mass is 19.1. The number of benzene rings is 3. The van der Waals surface area contributed by atoms with E-state index in [1.54, 1.807) is 24.1 Å². The number of nitrogens with zero attached hydrogens (tertiary/aromatic N) is 2. The molecule has 0 unspecified atom stereocenters. The van der Waals surface area contributed by atoms with Crippen molar-refractivity contribution in [3.8, 4) is 28.4 Å². The number of amides is 1. The molecule has 2 saturated heterocycles. The van der Waals surface area contributed by atoms with Crippen LogP contribution in [0.3, 0.4) is 0 Å². The van der Waals surface area contributed by atoms with Crippen molar-refractivity contribution in [3.05, 3.63) is 72.0 Å². The number of rotatable bonds is 9. The largest absolute Gasteiger partial charge is 0.497 e.